The Balaban J connectivity index is 1.41. The van der Waals surface area contributed by atoms with Gasteiger partial charge in [0.2, 0.25) is 5.95 Å². The first-order valence-electron chi connectivity index (χ1n) is 12.7. The molecule has 0 bridgehead atoms. The molecule has 3 heterocycles. The molecule has 1 atom stereocenters. The number of fused-ring (bicyclic) bond motifs is 2. The molecule has 0 aliphatic heterocycles. The molecule has 1 aromatic carbocycles. The first kappa shape index (κ1) is 22.2. The van der Waals surface area contributed by atoms with Gasteiger partial charge in [-0.3, -0.25) is 4.57 Å². The molecule has 6 heteroatoms. The van der Waals surface area contributed by atoms with Crippen LogP contribution in [0.3, 0.4) is 0 Å². The van der Waals surface area contributed by atoms with Gasteiger partial charge in [0.15, 0.2) is 5.65 Å². The molecule has 4 aromatic rings. The molecule has 6 nitrogen and oxygen atoms in total. The van der Waals surface area contributed by atoms with E-state index in [1.54, 1.807) is 0 Å². The van der Waals surface area contributed by atoms with E-state index in [2.05, 4.69) is 78.1 Å². The quantitative estimate of drug-likeness (QED) is 0.361. The molecule has 1 saturated carbocycles. The van der Waals surface area contributed by atoms with Crippen LogP contribution in [0.15, 0.2) is 48.7 Å². The lowest BCUT2D eigenvalue weighted by Gasteiger charge is -2.21. The largest absolute Gasteiger partial charge is 0.384 e. The van der Waals surface area contributed by atoms with Crippen molar-refractivity contribution in [3.8, 4) is 5.82 Å². The highest BCUT2D eigenvalue weighted by Crippen LogP contribution is 2.44. The summed E-state index contributed by atoms with van der Waals surface area (Å²) < 4.78 is 2.18. The fourth-order valence-corrected chi connectivity index (χ4v) is 5.18. The van der Waals surface area contributed by atoms with Crippen LogP contribution >= 0.6 is 0 Å². The van der Waals surface area contributed by atoms with Gasteiger partial charge < -0.3 is 10.4 Å². The van der Waals surface area contributed by atoms with Crippen molar-refractivity contribution in [2.45, 2.75) is 76.7 Å². The number of rotatable bonds is 5. The molecule has 0 unspecified atom stereocenters. The summed E-state index contributed by atoms with van der Waals surface area (Å²) in [7, 11) is 0. The number of nitrogens with one attached hydrogen (secondary N) is 1. The number of hydrogen-bond acceptors (Lipinski definition) is 5. The van der Waals surface area contributed by atoms with Crippen LogP contribution in [0.2, 0.25) is 0 Å². The molecule has 2 aliphatic rings. The van der Waals surface area contributed by atoms with Gasteiger partial charge in [-0.2, -0.15) is 4.98 Å². The highest BCUT2D eigenvalue weighted by molar-refractivity contribution is 5.80. The number of pyridine rings is 1. The summed E-state index contributed by atoms with van der Waals surface area (Å²) in [6, 6.07) is 14.9. The minimum absolute atomic E-state index is 0.112. The van der Waals surface area contributed by atoms with E-state index < -0.39 is 5.60 Å². The predicted octanol–water partition coefficient (Wildman–Crippen LogP) is 6.28. The monoisotopic (exact) mass is 467 g/mol. The van der Waals surface area contributed by atoms with E-state index in [9.17, 15) is 5.11 Å². The van der Waals surface area contributed by atoms with Crippen molar-refractivity contribution in [3.05, 3.63) is 71.2 Å². The lowest BCUT2D eigenvalue weighted by molar-refractivity contribution is 0.0306. The molecular formula is C29H33N5O. The molecule has 0 saturated heterocycles. The Morgan fingerprint density at radius 3 is 2.54 bits per heavy atom. The van der Waals surface area contributed by atoms with Gasteiger partial charge in [-0.15, -0.1) is 0 Å². The Hall–Kier alpha value is -3.25. The normalized spacial score (nSPS) is 19.8. The number of hydrogen-bond donors (Lipinski definition) is 2. The summed E-state index contributed by atoms with van der Waals surface area (Å²) >= 11 is 0. The molecule has 2 aliphatic carbocycles. The van der Waals surface area contributed by atoms with Crippen LogP contribution in [-0.2, 0) is 17.4 Å². The second-order valence-corrected chi connectivity index (χ2v) is 11.2. The van der Waals surface area contributed by atoms with Crippen LogP contribution in [0.5, 0.6) is 0 Å². The van der Waals surface area contributed by atoms with E-state index in [1.165, 1.54) is 24.1 Å². The van der Waals surface area contributed by atoms with Gasteiger partial charge in [-0.25, -0.2) is 9.97 Å². The number of aryl methyl sites for hydroxylation is 1. The standard InChI is InChI=1S/C29H33N5O/c1-5-29(35)15-14-19-8-13-24(32-25(19)29)34-23(18-6-7-18)16-20-17-30-27(33-26(20)34)31-22-11-9-21(10-12-22)28(2,3)4/h8-13,16-18,35H,5-7,14-15H2,1-4H3,(H,30,31,33)/t29-/m1/s1. The Morgan fingerprint density at radius 2 is 1.86 bits per heavy atom. The number of benzene rings is 1. The van der Waals surface area contributed by atoms with Crippen LogP contribution in [0, 0.1) is 0 Å². The summed E-state index contributed by atoms with van der Waals surface area (Å²) in [6.07, 6.45) is 6.53. The van der Waals surface area contributed by atoms with Crippen LogP contribution in [0.1, 0.15) is 81.8 Å². The molecule has 180 valence electrons. The third-order valence-corrected chi connectivity index (χ3v) is 7.60. The number of anilines is 2. The van der Waals surface area contributed by atoms with Gasteiger partial charge in [-0.05, 0) is 78.8 Å². The fourth-order valence-electron chi connectivity index (χ4n) is 5.18. The molecule has 0 spiro atoms. The smallest absolute Gasteiger partial charge is 0.229 e. The van der Waals surface area contributed by atoms with Crippen molar-refractivity contribution < 1.29 is 5.11 Å². The maximum Gasteiger partial charge on any atom is 0.229 e. The van der Waals surface area contributed by atoms with Crippen molar-refractivity contribution in [1.82, 2.24) is 19.5 Å². The minimum Gasteiger partial charge on any atom is -0.384 e. The molecule has 3 aromatic heterocycles. The molecule has 1 fully saturated rings. The van der Waals surface area contributed by atoms with E-state index in [0.717, 1.165) is 46.6 Å². The zero-order valence-electron chi connectivity index (χ0n) is 21.0. The van der Waals surface area contributed by atoms with Gasteiger partial charge in [0, 0.05) is 23.0 Å². The maximum atomic E-state index is 11.1. The van der Waals surface area contributed by atoms with Gasteiger partial charge in [0.05, 0.1) is 5.69 Å². The average molecular weight is 468 g/mol. The molecule has 6 rings (SSSR count). The fraction of sp³-hybridized carbons (Fsp3) is 0.414. The van der Waals surface area contributed by atoms with Crippen molar-refractivity contribution in [2.24, 2.45) is 0 Å². The lowest BCUT2D eigenvalue weighted by Crippen LogP contribution is -2.22. The molecule has 0 amide bonds. The average Bonchev–Trinajstić information content (AvgIpc) is 3.55. The van der Waals surface area contributed by atoms with Crippen LogP contribution in [0.25, 0.3) is 16.9 Å². The SMILES string of the molecule is CC[C@@]1(O)CCc2ccc(-n3c(C4CC4)cc4cnc(Nc5ccc(C(C)(C)C)cc5)nc43)nc21. The van der Waals surface area contributed by atoms with E-state index in [1.807, 2.05) is 13.1 Å². The van der Waals surface area contributed by atoms with Gasteiger partial charge >= 0.3 is 0 Å². The number of nitrogens with zero attached hydrogens (tertiary/aromatic N) is 4. The van der Waals surface area contributed by atoms with Crippen LogP contribution in [0.4, 0.5) is 11.6 Å². The number of aliphatic hydroxyl groups is 1. The topological polar surface area (TPSA) is 75.9 Å². The van der Waals surface area contributed by atoms with Gasteiger partial charge in [0.1, 0.15) is 11.4 Å². The Bertz CT molecular complexity index is 1410. The van der Waals surface area contributed by atoms with E-state index in [4.69, 9.17) is 9.97 Å². The maximum absolute atomic E-state index is 11.1. The Labute approximate surface area is 206 Å². The second-order valence-electron chi connectivity index (χ2n) is 11.2. The first-order valence-corrected chi connectivity index (χ1v) is 12.7. The van der Waals surface area contributed by atoms with Crippen LogP contribution < -0.4 is 5.32 Å². The summed E-state index contributed by atoms with van der Waals surface area (Å²) in [6.45, 7) is 8.68. The minimum atomic E-state index is -0.838. The molecule has 2 N–H and O–H groups in total. The highest BCUT2D eigenvalue weighted by Gasteiger charge is 2.37. The van der Waals surface area contributed by atoms with Crippen LogP contribution in [-0.4, -0.2) is 24.6 Å². The number of aromatic nitrogens is 4. The molecular weight excluding hydrogens is 434 g/mol. The summed E-state index contributed by atoms with van der Waals surface area (Å²) in [5, 5.41) is 15.5. The third-order valence-electron chi connectivity index (χ3n) is 7.60. The van der Waals surface area contributed by atoms with Gasteiger partial charge in [0.25, 0.3) is 0 Å². The zero-order chi connectivity index (χ0) is 24.4. The predicted molar refractivity (Wildman–Crippen MR) is 140 cm³/mol. The lowest BCUT2D eigenvalue weighted by atomic mass is 9.87. The summed E-state index contributed by atoms with van der Waals surface area (Å²) in [4.78, 5) is 14.6. The van der Waals surface area contributed by atoms with E-state index >= 15 is 0 Å². The Morgan fingerprint density at radius 1 is 1.09 bits per heavy atom. The highest BCUT2D eigenvalue weighted by atomic mass is 16.3. The first-order chi connectivity index (χ1) is 16.7. The van der Waals surface area contributed by atoms with Crippen molar-refractivity contribution in [2.75, 3.05) is 5.32 Å². The molecule has 0 radical (unpaired) electrons. The molecule has 35 heavy (non-hydrogen) atoms. The third kappa shape index (κ3) is 3.90. The summed E-state index contributed by atoms with van der Waals surface area (Å²) in [5.41, 5.74) is 5.58. The van der Waals surface area contributed by atoms with Crippen molar-refractivity contribution >= 4 is 22.7 Å². The second kappa shape index (κ2) is 7.89. The Kier molecular flexibility index (Phi) is 5.01. The van der Waals surface area contributed by atoms with Gasteiger partial charge in [-0.1, -0.05) is 45.9 Å². The summed E-state index contributed by atoms with van der Waals surface area (Å²) in [5.74, 6) is 1.91. The van der Waals surface area contributed by atoms with Crippen molar-refractivity contribution in [3.63, 3.8) is 0 Å². The van der Waals surface area contributed by atoms with E-state index in [0.29, 0.717) is 18.3 Å². The van der Waals surface area contributed by atoms with Crippen molar-refractivity contribution in [1.29, 1.82) is 0 Å². The van der Waals surface area contributed by atoms with E-state index in [-0.39, 0.29) is 5.41 Å². The zero-order valence-corrected chi connectivity index (χ0v) is 21.0.